The summed E-state index contributed by atoms with van der Waals surface area (Å²) in [5, 5.41) is 21.4. The predicted molar refractivity (Wildman–Crippen MR) is 95.4 cm³/mol. The number of fused-ring (bicyclic) bond motifs is 3. The van der Waals surface area contributed by atoms with Crippen LogP contribution in [0.4, 0.5) is 0 Å². The first-order valence-electron chi connectivity index (χ1n) is 9.55. The maximum atomic E-state index is 13.4. The molecule has 2 saturated carbocycles. The molecule has 3 nitrogen and oxygen atoms in total. The van der Waals surface area contributed by atoms with Gasteiger partial charge in [0.2, 0.25) is 0 Å². The van der Waals surface area contributed by atoms with Crippen LogP contribution >= 0.6 is 0 Å². The molecule has 0 aliphatic heterocycles. The Kier molecular flexibility index (Phi) is 3.91. The highest BCUT2D eigenvalue weighted by Crippen LogP contribution is 2.65. The van der Waals surface area contributed by atoms with Gasteiger partial charge in [-0.15, -0.1) is 0 Å². The van der Waals surface area contributed by atoms with Gasteiger partial charge in [0.1, 0.15) is 0 Å². The Morgan fingerprint density at radius 1 is 1.17 bits per heavy atom. The normalized spacial score (nSPS) is 55.7. The second-order valence-corrected chi connectivity index (χ2v) is 9.80. The third kappa shape index (κ3) is 2.07. The third-order valence-corrected chi connectivity index (χ3v) is 8.48. The van der Waals surface area contributed by atoms with E-state index in [0.29, 0.717) is 5.92 Å². The molecule has 0 aromatic heterocycles. The van der Waals surface area contributed by atoms with Gasteiger partial charge in [0, 0.05) is 5.41 Å². The van der Waals surface area contributed by atoms with E-state index in [1.807, 2.05) is 19.9 Å². The molecule has 3 aliphatic rings. The van der Waals surface area contributed by atoms with Crippen molar-refractivity contribution in [2.45, 2.75) is 78.9 Å². The van der Waals surface area contributed by atoms with Gasteiger partial charge in [0.05, 0.1) is 17.1 Å². The fourth-order valence-electron chi connectivity index (χ4n) is 6.33. The Balaban J connectivity index is 2.08. The Morgan fingerprint density at radius 3 is 2.38 bits per heavy atom. The van der Waals surface area contributed by atoms with Gasteiger partial charge < -0.3 is 10.2 Å². The lowest BCUT2D eigenvalue weighted by Gasteiger charge is -2.64. The molecular formula is C21H34O3. The SMILES string of the molecule is CC1CCC2(C)C3C=CC(C)([C@H](C)O)C(=O)C3(C)CCC2C1(C)O. The van der Waals surface area contributed by atoms with Crippen LogP contribution in [0.3, 0.4) is 0 Å². The molecule has 3 rings (SSSR count). The molecule has 3 heteroatoms. The van der Waals surface area contributed by atoms with Crippen LogP contribution in [-0.4, -0.2) is 27.7 Å². The highest BCUT2D eigenvalue weighted by atomic mass is 16.3. The van der Waals surface area contributed by atoms with Crippen molar-refractivity contribution in [1.82, 2.24) is 0 Å². The number of carbonyl (C=O) groups excluding carboxylic acids is 1. The fraction of sp³-hybridized carbons (Fsp3) is 0.857. The van der Waals surface area contributed by atoms with E-state index in [0.717, 1.165) is 25.7 Å². The van der Waals surface area contributed by atoms with Gasteiger partial charge in [-0.05, 0) is 69.6 Å². The van der Waals surface area contributed by atoms with Crippen molar-refractivity contribution in [3.8, 4) is 0 Å². The number of rotatable bonds is 1. The highest BCUT2D eigenvalue weighted by Gasteiger charge is 2.64. The summed E-state index contributed by atoms with van der Waals surface area (Å²) in [6.07, 6.45) is 7.21. The van der Waals surface area contributed by atoms with Gasteiger partial charge in [-0.3, -0.25) is 4.79 Å². The standard InChI is InChI=1S/C21H34O3/c1-13-7-10-19(4)15-8-11-18(3,14(2)22)17(23)20(15,5)12-9-16(19)21(13,6)24/h8,11,13-16,22,24H,7,9-10,12H2,1-6H3/t13?,14-,15?,16?,18?,19?,20?,21?/m0/s1. The van der Waals surface area contributed by atoms with E-state index in [4.69, 9.17) is 0 Å². The van der Waals surface area contributed by atoms with Crippen LogP contribution in [0.2, 0.25) is 0 Å². The number of ketones is 1. The predicted octanol–water partition coefficient (Wildman–Crippen LogP) is 3.73. The van der Waals surface area contributed by atoms with Crippen molar-refractivity contribution in [3.63, 3.8) is 0 Å². The molecule has 8 atom stereocenters. The lowest BCUT2D eigenvalue weighted by atomic mass is 9.41. The van der Waals surface area contributed by atoms with Crippen LogP contribution < -0.4 is 0 Å². The van der Waals surface area contributed by atoms with Crippen LogP contribution in [0.1, 0.15) is 67.2 Å². The summed E-state index contributed by atoms with van der Waals surface area (Å²) in [6, 6.07) is 0. The summed E-state index contributed by atoms with van der Waals surface area (Å²) in [5.74, 6) is 0.837. The average Bonchev–Trinajstić information content (AvgIpc) is 2.48. The molecule has 0 saturated heterocycles. The van der Waals surface area contributed by atoms with Crippen LogP contribution in [0, 0.1) is 34.0 Å². The molecule has 0 aromatic carbocycles. The summed E-state index contributed by atoms with van der Waals surface area (Å²) in [4.78, 5) is 13.4. The van der Waals surface area contributed by atoms with Crippen LogP contribution in [-0.2, 0) is 4.79 Å². The molecule has 0 amide bonds. The van der Waals surface area contributed by atoms with Gasteiger partial charge in [0.15, 0.2) is 5.78 Å². The number of aliphatic hydroxyl groups excluding tert-OH is 1. The Hall–Kier alpha value is -0.670. The summed E-state index contributed by atoms with van der Waals surface area (Å²) in [7, 11) is 0. The zero-order chi connectivity index (χ0) is 18.1. The maximum absolute atomic E-state index is 13.4. The Bertz CT molecular complexity index is 578. The second-order valence-electron chi connectivity index (χ2n) is 9.80. The smallest absolute Gasteiger partial charge is 0.151 e. The summed E-state index contributed by atoms with van der Waals surface area (Å²) in [6.45, 7) is 12.1. The molecular weight excluding hydrogens is 300 g/mol. The summed E-state index contributed by atoms with van der Waals surface area (Å²) in [5.41, 5.74) is -1.97. The van der Waals surface area contributed by atoms with Crippen molar-refractivity contribution < 1.29 is 15.0 Å². The number of aliphatic hydroxyl groups is 2. The topological polar surface area (TPSA) is 57.5 Å². The van der Waals surface area contributed by atoms with E-state index >= 15 is 0 Å². The van der Waals surface area contributed by atoms with Gasteiger partial charge >= 0.3 is 0 Å². The second kappa shape index (κ2) is 5.17. The molecule has 2 N–H and O–H groups in total. The molecule has 3 aliphatic carbocycles. The van der Waals surface area contributed by atoms with E-state index < -0.39 is 22.5 Å². The highest BCUT2D eigenvalue weighted by molar-refractivity contribution is 5.93. The van der Waals surface area contributed by atoms with Crippen LogP contribution in [0.5, 0.6) is 0 Å². The zero-order valence-electron chi connectivity index (χ0n) is 16.1. The Labute approximate surface area is 146 Å². The van der Waals surface area contributed by atoms with Crippen molar-refractivity contribution in [1.29, 1.82) is 0 Å². The number of hydrogen-bond acceptors (Lipinski definition) is 3. The molecule has 0 spiro atoms. The summed E-state index contributed by atoms with van der Waals surface area (Å²) < 4.78 is 0. The third-order valence-electron chi connectivity index (χ3n) is 8.48. The van der Waals surface area contributed by atoms with Crippen LogP contribution in [0.15, 0.2) is 12.2 Å². The fourth-order valence-corrected chi connectivity index (χ4v) is 6.33. The van der Waals surface area contributed by atoms with Crippen molar-refractivity contribution in [3.05, 3.63) is 12.2 Å². The molecule has 2 fully saturated rings. The maximum Gasteiger partial charge on any atom is 0.151 e. The quantitative estimate of drug-likeness (QED) is 0.718. The van der Waals surface area contributed by atoms with Crippen molar-refractivity contribution in [2.24, 2.45) is 34.0 Å². The lowest BCUT2D eigenvalue weighted by Crippen LogP contribution is -2.64. The molecule has 24 heavy (non-hydrogen) atoms. The van der Waals surface area contributed by atoms with Gasteiger partial charge in [0.25, 0.3) is 0 Å². The first-order valence-corrected chi connectivity index (χ1v) is 9.55. The van der Waals surface area contributed by atoms with Crippen molar-refractivity contribution >= 4 is 5.78 Å². The van der Waals surface area contributed by atoms with Crippen molar-refractivity contribution in [2.75, 3.05) is 0 Å². The lowest BCUT2D eigenvalue weighted by molar-refractivity contribution is -0.192. The van der Waals surface area contributed by atoms with Gasteiger partial charge in [-0.2, -0.15) is 0 Å². The van der Waals surface area contributed by atoms with Crippen LogP contribution in [0.25, 0.3) is 0 Å². The van der Waals surface area contributed by atoms with E-state index in [2.05, 4.69) is 26.8 Å². The first kappa shape index (κ1) is 18.1. The number of allylic oxidation sites excluding steroid dienone is 1. The first-order chi connectivity index (χ1) is 10.9. The van der Waals surface area contributed by atoms with E-state index in [1.165, 1.54) is 0 Å². The van der Waals surface area contributed by atoms with E-state index in [9.17, 15) is 15.0 Å². The largest absolute Gasteiger partial charge is 0.392 e. The molecule has 0 heterocycles. The van der Waals surface area contributed by atoms with E-state index in [1.54, 1.807) is 6.92 Å². The van der Waals surface area contributed by atoms with Gasteiger partial charge in [-0.1, -0.05) is 32.9 Å². The summed E-state index contributed by atoms with van der Waals surface area (Å²) >= 11 is 0. The molecule has 0 radical (unpaired) electrons. The molecule has 0 bridgehead atoms. The zero-order valence-corrected chi connectivity index (χ0v) is 16.1. The number of carbonyl (C=O) groups is 1. The Morgan fingerprint density at radius 2 is 1.79 bits per heavy atom. The molecule has 7 unspecified atom stereocenters. The minimum Gasteiger partial charge on any atom is -0.392 e. The number of Topliss-reactive ketones (excluding diaryl/α,β-unsaturated/α-hetero) is 1. The minimum atomic E-state index is -0.793. The average molecular weight is 335 g/mol. The minimum absolute atomic E-state index is 0.0603. The van der Waals surface area contributed by atoms with E-state index in [-0.39, 0.29) is 23.0 Å². The molecule has 136 valence electrons. The molecule has 0 aromatic rings. The van der Waals surface area contributed by atoms with Gasteiger partial charge in [-0.25, -0.2) is 0 Å². The number of hydrogen-bond donors (Lipinski definition) is 2. The monoisotopic (exact) mass is 334 g/mol.